The number of pyridine rings is 2. The summed E-state index contributed by atoms with van der Waals surface area (Å²) in [4.78, 5) is 33.2. The third kappa shape index (κ3) is 4.35. The normalized spacial score (nSPS) is 17.2. The van der Waals surface area contributed by atoms with Gasteiger partial charge in [0.1, 0.15) is 11.6 Å². The van der Waals surface area contributed by atoms with Crippen molar-refractivity contribution in [1.29, 1.82) is 0 Å². The molecule has 0 radical (unpaired) electrons. The first-order chi connectivity index (χ1) is 14.1. The number of piperidine rings is 1. The molecule has 1 aliphatic heterocycles. The van der Waals surface area contributed by atoms with E-state index in [1.54, 1.807) is 18.5 Å². The van der Waals surface area contributed by atoms with Gasteiger partial charge < -0.3 is 9.88 Å². The van der Waals surface area contributed by atoms with Gasteiger partial charge in [-0.25, -0.2) is 9.97 Å². The van der Waals surface area contributed by atoms with E-state index in [1.807, 2.05) is 43.4 Å². The molecule has 4 rings (SSSR count). The molecule has 29 heavy (non-hydrogen) atoms. The first kappa shape index (κ1) is 19.3. The Kier molecular flexibility index (Phi) is 5.67. The van der Waals surface area contributed by atoms with Crippen LogP contribution in [0.4, 0.5) is 5.82 Å². The Labute approximate surface area is 170 Å². The van der Waals surface area contributed by atoms with Crippen molar-refractivity contribution >= 4 is 5.82 Å². The van der Waals surface area contributed by atoms with E-state index in [2.05, 4.69) is 25.9 Å². The van der Waals surface area contributed by atoms with Gasteiger partial charge in [0.05, 0.1) is 11.7 Å². The molecule has 0 saturated carbocycles. The van der Waals surface area contributed by atoms with E-state index in [1.165, 1.54) is 5.56 Å². The van der Waals surface area contributed by atoms with Gasteiger partial charge >= 0.3 is 0 Å². The fourth-order valence-electron chi connectivity index (χ4n) is 3.98. The maximum Gasteiger partial charge on any atom is 0.251 e. The number of rotatable bonds is 5. The van der Waals surface area contributed by atoms with Crippen LogP contribution >= 0.6 is 0 Å². The van der Waals surface area contributed by atoms with Crippen molar-refractivity contribution in [2.24, 2.45) is 0 Å². The van der Waals surface area contributed by atoms with E-state index >= 15 is 0 Å². The molecular weight excluding hydrogens is 364 g/mol. The second-order valence-corrected chi connectivity index (χ2v) is 7.62. The van der Waals surface area contributed by atoms with Crippen LogP contribution in [0.2, 0.25) is 0 Å². The first-order valence-electron chi connectivity index (χ1n) is 9.99. The van der Waals surface area contributed by atoms with Crippen molar-refractivity contribution in [1.82, 2.24) is 24.8 Å². The van der Waals surface area contributed by atoms with Gasteiger partial charge in [0.2, 0.25) is 0 Å². The Morgan fingerprint density at radius 2 is 2.07 bits per heavy atom. The summed E-state index contributed by atoms with van der Waals surface area (Å²) in [5, 5.41) is 0. The molecule has 0 bridgehead atoms. The molecule has 0 aromatic carbocycles. The van der Waals surface area contributed by atoms with E-state index < -0.39 is 0 Å². The Morgan fingerprint density at radius 1 is 1.21 bits per heavy atom. The van der Waals surface area contributed by atoms with Crippen molar-refractivity contribution < 1.29 is 0 Å². The van der Waals surface area contributed by atoms with Gasteiger partial charge in [-0.05, 0) is 37.6 Å². The number of nitrogens with one attached hydrogen (secondary N) is 1. The zero-order valence-electron chi connectivity index (χ0n) is 16.9. The second kappa shape index (κ2) is 8.53. The molecule has 3 aromatic rings. The van der Waals surface area contributed by atoms with Crippen LogP contribution in [0.15, 0.2) is 53.7 Å². The van der Waals surface area contributed by atoms with Gasteiger partial charge in [-0.1, -0.05) is 12.5 Å². The lowest BCUT2D eigenvalue weighted by Crippen LogP contribution is -2.34. The van der Waals surface area contributed by atoms with Gasteiger partial charge in [0.25, 0.3) is 5.56 Å². The number of hydrogen-bond donors (Lipinski definition) is 1. The maximum atomic E-state index is 12.4. The van der Waals surface area contributed by atoms with Crippen LogP contribution in [0.5, 0.6) is 0 Å². The molecular formula is C22H26N6O. The Bertz CT molecular complexity index is 1020. The minimum Gasteiger partial charge on any atom is -0.362 e. The van der Waals surface area contributed by atoms with Gasteiger partial charge in [0, 0.05) is 56.4 Å². The molecule has 7 heteroatoms. The highest BCUT2D eigenvalue weighted by atomic mass is 16.1. The molecule has 1 unspecified atom stereocenters. The summed E-state index contributed by atoms with van der Waals surface area (Å²) in [7, 11) is 4.02. The van der Waals surface area contributed by atoms with Crippen molar-refractivity contribution in [2.75, 3.05) is 25.5 Å². The van der Waals surface area contributed by atoms with E-state index in [0.29, 0.717) is 5.82 Å². The predicted octanol–water partition coefficient (Wildman–Crippen LogP) is 3.02. The largest absolute Gasteiger partial charge is 0.362 e. The molecule has 0 spiro atoms. The lowest BCUT2D eigenvalue weighted by atomic mass is 9.98. The molecule has 0 aliphatic carbocycles. The molecule has 1 N–H and O–H groups in total. The van der Waals surface area contributed by atoms with Crippen molar-refractivity contribution in [3.05, 3.63) is 70.5 Å². The fraction of sp³-hybridized carbons (Fsp3) is 0.364. The number of likely N-dealkylation sites (tertiary alicyclic amines) is 1. The van der Waals surface area contributed by atoms with Crippen LogP contribution in [-0.2, 0) is 6.54 Å². The molecule has 7 nitrogen and oxygen atoms in total. The Balaban J connectivity index is 1.67. The SMILES string of the molecule is CN(C)c1ncccc1CN1CCCCC1c1cc(=O)[nH]c(-c2cccnc2)n1. The number of aromatic nitrogens is 4. The van der Waals surface area contributed by atoms with E-state index in [4.69, 9.17) is 4.98 Å². The van der Waals surface area contributed by atoms with Crippen LogP contribution in [0.3, 0.4) is 0 Å². The van der Waals surface area contributed by atoms with Gasteiger partial charge in [-0.15, -0.1) is 0 Å². The number of nitrogens with zero attached hydrogens (tertiary/aromatic N) is 5. The summed E-state index contributed by atoms with van der Waals surface area (Å²) in [5.41, 5.74) is 2.69. The Morgan fingerprint density at radius 3 is 2.86 bits per heavy atom. The zero-order chi connectivity index (χ0) is 20.2. The highest BCUT2D eigenvalue weighted by Crippen LogP contribution is 2.32. The zero-order valence-corrected chi connectivity index (χ0v) is 16.9. The number of anilines is 1. The lowest BCUT2D eigenvalue weighted by Gasteiger charge is -2.36. The third-order valence-corrected chi connectivity index (χ3v) is 5.32. The Hall–Kier alpha value is -3.06. The smallest absolute Gasteiger partial charge is 0.251 e. The minimum absolute atomic E-state index is 0.108. The fourth-order valence-corrected chi connectivity index (χ4v) is 3.98. The average Bonchev–Trinajstić information content (AvgIpc) is 2.74. The second-order valence-electron chi connectivity index (χ2n) is 7.62. The molecule has 3 aromatic heterocycles. The number of H-pyrrole nitrogens is 1. The van der Waals surface area contributed by atoms with Crippen molar-refractivity contribution in [3.8, 4) is 11.4 Å². The summed E-state index contributed by atoms with van der Waals surface area (Å²) in [6.45, 7) is 1.76. The quantitative estimate of drug-likeness (QED) is 0.722. The monoisotopic (exact) mass is 390 g/mol. The summed E-state index contributed by atoms with van der Waals surface area (Å²) in [6.07, 6.45) is 8.52. The minimum atomic E-state index is -0.130. The summed E-state index contributed by atoms with van der Waals surface area (Å²) >= 11 is 0. The molecule has 4 heterocycles. The van der Waals surface area contributed by atoms with Crippen LogP contribution in [0, 0.1) is 0 Å². The predicted molar refractivity (Wildman–Crippen MR) is 114 cm³/mol. The average molecular weight is 390 g/mol. The van der Waals surface area contributed by atoms with Gasteiger partial charge in [-0.3, -0.25) is 14.7 Å². The molecule has 1 atom stereocenters. The third-order valence-electron chi connectivity index (χ3n) is 5.32. The number of hydrogen-bond acceptors (Lipinski definition) is 6. The molecule has 1 saturated heterocycles. The maximum absolute atomic E-state index is 12.4. The molecule has 1 fully saturated rings. The summed E-state index contributed by atoms with van der Waals surface area (Å²) in [6, 6.07) is 9.61. The first-order valence-corrected chi connectivity index (χ1v) is 9.99. The van der Waals surface area contributed by atoms with Crippen molar-refractivity contribution in [2.45, 2.75) is 31.8 Å². The van der Waals surface area contributed by atoms with Crippen LogP contribution in [-0.4, -0.2) is 45.5 Å². The lowest BCUT2D eigenvalue weighted by molar-refractivity contribution is 0.137. The van der Waals surface area contributed by atoms with E-state index in [0.717, 1.165) is 49.4 Å². The molecule has 1 aliphatic rings. The molecule has 150 valence electrons. The van der Waals surface area contributed by atoms with Gasteiger partial charge in [-0.2, -0.15) is 0 Å². The standard InChI is InChI=1S/C22H26N6O/c1-27(2)22-17(8-6-11-24-22)15-28-12-4-3-9-19(28)18-13-20(29)26-21(25-18)16-7-5-10-23-14-16/h5-8,10-11,13-14,19H,3-4,9,12,15H2,1-2H3,(H,25,26,29). The van der Waals surface area contributed by atoms with E-state index in [9.17, 15) is 4.79 Å². The van der Waals surface area contributed by atoms with E-state index in [-0.39, 0.29) is 11.6 Å². The summed E-state index contributed by atoms with van der Waals surface area (Å²) in [5.74, 6) is 1.55. The summed E-state index contributed by atoms with van der Waals surface area (Å²) < 4.78 is 0. The van der Waals surface area contributed by atoms with Crippen LogP contribution in [0.1, 0.15) is 36.6 Å². The van der Waals surface area contributed by atoms with Crippen LogP contribution in [0.25, 0.3) is 11.4 Å². The molecule has 0 amide bonds. The highest BCUT2D eigenvalue weighted by Gasteiger charge is 2.27. The van der Waals surface area contributed by atoms with Crippen LogP contribution < -0.4 is 10.5 Å². The van der Waals surface area contributed by atoms with Crippen molar-refractivity contribution in [3.63, 3.8) is 0 Å². The van der Waals surface area contributed by atoms with Gasteiger partial charge in [0.15, 0.2) is 0 Å². The topological polar surface area (TPSA) is 78.0 Å². The number of aromatic amines is 1. The highest BCUT2D eigenvalue weighted by molar-refractivity contribution is 5.52.